The number of rotatable bonds is 5. The van der Waals surface area contributed by atoms with E-state index < -0.39 is 24.8 Å². The highest BCUT2D eigenvalue weighted by molar-refractivity contribution is 5.25. The van der Waals surface area contributed by atoms with Crippen molar-refractivity contribution < 1.29 is 16.3 Å². The van der Waals surface area contributed by atoms with Gasteiger partial charge in [-0.3, -0.25) is 0 Å². The van der Waals surface area contributed by atoms with Gasteiger partial charge >= 0.3 is 0 Å². The van der Waals surface area contributed by atoms with Crippen LogP contribution < -0.4 is 0 Å². The molecule has 2 nitrogen and oxygen atoms in total. The fourth-order valence-electron chi connectivity index (χ4n) is 1.28. The molecular weight excluding hydrogens is 188 g/mol. The number of methoxy groups -OCH3 is 1. The van der Waals surface area contributed by atoms with E-state index in [9.17, 15) is 0 Å². The van der Waals surface area contributed by atoms with E-state index in [-0.39, 0.29) is 6.90 Å². The molecule has 1 atom stereocenters. The van der Waals surface area contributed by atoms with Crippen LogP contribution in [0.3, 0.4) is 0 Å². The second kappa shape index (κ2) is 5.13. The molecule has 90 valence electrons. The minimum Gasteiger partial charge on any atom is -0.374 e. The first-order valence-electron chi connectivity index (χ1n) is 7.79. The highest BCUT2D eigenvalue weighted by Crippen LogP contribution is 2.30. The summed E-state index contributed by atoms with van der Waals surface area (Å²) in [5.74, 6) is 0. The van der Waals surface area contributed by atoms with Gasteiger partial charge in [0.05, 0.1) is 16.7 Å². The van der Waals surface area contributed by atoms with Crippen molar-refractivity contribution in [2.45, 2.75) is 59.6 Å². The maximum absolute atomic E-state index is 7.56. The Morgan fingerprint density at radius 1 is 1.13 bits per heavy atom. The molecule has 0 N–H and O–H groups in total. The maximum Gasteiger partial charge on any atom is 0.0836 e. The molecule has 0 saturated carbocycles. The van der Waals surface area contributed by atoms with E-state index in [1.165, 1.54) is 0 Å². The van der Waals surface area contributed by atoms with E-state index in [2.05, 4.69) is 0 Å². The Labute approximate surface area is 102 Å². The van der Waals surface area contributed by atoms with Crippen LogP contribution in [0.25, 0.3) is 0 Å². The van der Waals surface area contributed by atoms with Gasteiger partial charge in [0.2, 0.25) is 0 Å². The zero-order valence-electron chi connectivity index (χ0n) is 15.6. The molecule has 0 fully saturated rings. The van der Waals surface area contributed by atoms with Crippen LogP contribution in [0.5, 0.6) is 0 Å². The largest absolute Gasteiger partial charge is 0.374 e. The molecule has 0 radical (unpaired) electrons. The summed E-state index contributed by atoms with van der Waals surface area (Å²) in [4.78, 5) is 0. The third-order valence-corrected chi connectivity index (χ3v) is 3.00. The van der Waals surface area contributed by atoms with Crippen LogP contribution in [0.4, 0.5) is 0 Å². The van der Waals surface area contributed by atoms with Crippen LogP contribution in [-0.4, -0.2) is 24.8 Å². The zero-order chi connectivity index (χ0) is 16.4. The molecule has 15 heavy (non-hydrogen) atoms. The van der Waals surface area contributed by atoms with Crippen molar-refractivity contribution in [2.75, 3.05) is 13.6 Å². The molecule has 0 spiro atoms. The van der Waals surface area contributed by atoms with Gasteiger partial charge in [-0.25, -0.2) is 0 Å². The SMILES string of the molecule is [2H]CC([2H])OC(C)(C)/C(C)=C(/C)C(C)(C)OC([2H])([2H])[2H]. The molecule has 0 aliphatic rings. The standard InChI is InChI=1S/C13H26O2/c1-9-15-13(6,7)11(3)10(2)12(4,5)14-8/h9H2,1-8H3/b11-10-/i1D,8D3,9D. The van der Waals surface area contributed by atoms with Gasteiger partial charge in [0.1, 0.15) is 0 Å². The van der Waals surface area contributed by atoms with Gasteiger partial charge in [-0.1, -0.05) is 0 Å². The Morgan fingerprint density at radius 2 is 1.67 bits per heavy atom. The summed E-state index contributed by atoms with van der Waals surface area (Å²) in [5, 5.41) is 0. The Morgan fingerprint density at radius 3 is 2.13 bits per heavy atom. The topological polar surface area (TPSA) is 18.5 Å². The first-order valence-corrected chi connectivity index (χ1v) is 5.01. The van der Waals surface area contributed by atoms with Gasteiger partial charge in [-0.2, -0.15) is 0 Å². The predicted octanol–water partition coefficient (Wildman–Crippen LogP) is 3.56. The minimum absolute atomic E-state index is 0.148. The molecule has 2 heteroatoms. The number of ether oxygens (including phenoxy) is 2. The van der Waals surface area contributed by atoms with Gasteiger partial charge in [-0.15, -0.1) is 0 Å². The molecule has 0 aromatic carbocycles. The molecule has 0 aliphatic heterocycles. The summed E-state index contributed by atoms with van der Waals surface area (Å²) >= 11 is 0. The summed E-state index contributed by atoms with van der Waals surface area (Å²) in [7, 11) is -2.48. The Kier molecular flexibility index (Phi) is 2.69. The average molecular weight is 219 g/mol. The van der Waals surface area contributed by atoms with Crippen molar-refractivity contribution >= 4 is 0 Å². The van der Waals surface area contributed by atoms with Gasteiger partial charge in [-0.05, 0) is 59.6 Å². The second-order valence-electron chi connectivity index (χ2n) is 4.66. The van der Waals surface area contributed by atoms with Gasteiger partial charge in [0.15, 0.2) is 0 Å². The van der Waals surface area contributed by atoms with Crippen LogP contribution in [-0.2, 0) is 9.47 Å². The third-order valence-electron chi connectivity index (χ3n) is 3.00. The molecule has 0 bridgehead atoms. The first kappa shape index (κ1) is 7.86. The lowest BCUT2D eigenvalue weighted by Crippen LogP contribution is -2.32. The highest BCUT2D eigenvalue weighted by atomic mass is 16.5. The van der Waals surface area contributed by atoms with Crippen LogP contribution in [0.2, 0.25) is 0 Å². The van der Waals surface area contributed by atoms with Crippen molar-refractivity contribution in [1.82, 2.24) is 0 Å². The van der Waals surface area contributed by atoms with Gasteiger partial charge in [0.25, 0.3) is 0 Å². The molecule has 0 aromatic rings. The summed E-state index contributed by atoms with van der Waals surface area (Å²) in [6, 6.07) is 0. The first-order chi connectivity index (χ1) is 8.73. The van der Waals surface area contributed by atoms with Crippen molar-refractivity contribution in [1.29, 1.82) is 0 Å². The highest BCUT2D eigenvalue weighted by Gasteiger charge is 2.28. The van der Waals surface area contributed by atoms with E-state index >= 15 is 0 Å². The average Bonchev–Trinajstić information content (AvgIpc) is 2.22. The molecule has 0 amide bonds. The molecule has 0 rings (SSSR count). The second-order valence-corrected chi connectivity index (χ2v) is 4.66. The lowest BCUT2D eigenvalue weighted by atomic mass is 9.87. The lowest BCUT2D eigenvalue weighted by molar-refractivity contribution is 0.0110. The summed E-state index contributed by atoms with van der Waals surface area (Å²) in [6.45, 7) is 9.53. The van der Waals surface area contributed by atoms with Crippen LogP contribution >= 0.6 is 0 Å². The molecule has 1 unspecified atom stereocenters. The van der Waals surface area contributed by atoms with Gasteiger partial charge in [0, 0.05) is 15.0 Å². The van der Waals surface area contributed by atoms with Crippen LogP contribution in [0, 0.1) is 0 Å². The van der Waals surface area contributed by atoms with E-state index in [0.717, 1.165) is 11.1 Å². The Bertz CT molecular complexity index is 358. The van der Waals surface area contributed by atoms with E-state index in [0.29, 0.717) is 0 Å². The number of hydrogen-bond acceptors (Lipinski definition) is 2. The number of hydrogen-bond donors (Lipinski definition) is 0. The molecular formula is C13H26O2. The molecule has 0 saturated heterocycles. The summed E-state index contributed by atoms with van der Waals surface area (Å²) in [5.41, 5.74) is -0.172. The fraction of sp³-hybridized carbons (Fsp3) is 0.846. The van der Waals surface area contributed by atoms with Crippen molar-refractivity contribution in [3.05, 3.63) is 11.1 Å². The van der Waals surface area contributed by atoms with E-state index in [1.54, 1.807) is 34.6 Å². The fourth-order valence-corrected chi connectivity index (χ4v) is 1.28. The van der Waals surface area contributed by atoms with Crippen LogP contribution in [0.1, 0.15) is 55.3 Å². The van der Waals surface area contributed by atoms with E-state index in [4.69, 9.17) is 16.3 Å². The third kappa shape index (κ3) is 3.62. The van der Waals surface area contributed by atoms with Crippen LogP contribution in [0.15, 0.2) is 11.1 Å². The van der Waals surface area contributed by atoms with Crippen molar-refractivity contribution in [3.63, 3.8) is 0 Å². The minimum atomic E-state index is -2.48. The molecule has 0 aromatic heterocycles. The lowest BCUT2D eigenvalue weighted by Gasteiger charge is -2.33. The molecule has 0 aliphatic carbocycles. The summed E-state index contributed by atoms with van der Waals surface area (Å²) in [6.07, 6.45) is 0. The Hall–Kier alpha value is -0.340. The zero-order valence-corrected chi connectivity index (χ0v) is 10.6. The quantitative estimate of drug-likeness (QED) is 0.658. The maximum atomic E-state index is 7.56. The molecule has 0 heterocycles. The van der Waals surface area contributed by atoms with E-state index in [1.807, 2.05) is 6.92 Å². The van der Waals surface area contributed by atoms with Gasteiger partial charge < -0.3 is 9.47 Å². The predicted molar refractivity (Wildman–Crippen MR) is 65.2 cm³/mol. The smallest absolute Gasteiger partial charge is 0.0836 e. The van der Waals surface area contributed by atoms with Crippen molar-refractivity contribution in [2.24, 2.45) is 0 Å². The summed E-state index contributed by atoms with van der Waals surface area (Å²) < 4.78 is 47.0. The van der Waals surface area contributed by atoms with Crippen molar-refractivity contribution in [3.8, 4) is 0 Å². The monoisotopic (exact) mass is 219 g/mol. The normalized spacial score (nSPS) is 22.9. The Balaban J connectivity index is 5.32.